The molecule has 3 heteroatoms. The van der Waals surface area contributed by atoms with Gasteiger partial charge in [-0.2, -0.15) is 0 Å². The van der Waals surface area contributed by atoms with Crippen molar-refractivity contribution in [1.82, 2.24) is 10.2 Å². The molecule has 23 heavy (non-hydrogen) atoms. The lowest BCUT2D eigenvalue weighted by atomic mass is 9.51. The molecule has 6 fully saturated rings. The molecular weight excluding hydrogens is 284 g/mol. The molecule has 1 unspecified atom stereocenters. The van der Waals surface area contributed by atoms with Gasteiger partial charge in [-0.25, -0.2) is 0 Å². The van der Waals surface area contributed by atoms with Gasteiger partial charge < -0.3 is 10.2 Å². The van der Waals surface area contributed by atoms with Gasteiger partial charge in [-0.3, -0.25) is 4.79 Å². The van der Waals surface area contributed by atoms with Crippen molar-refractivity contribution in [2.24, 2.45) is 35.5 Å². The summed E-state index contributed by atoms with van der Waals surface area (Å²) in [6.45, 7) is 3.27. The topological polar surface area (TPSA) is 32.3 Å². The van der Waals surface area contributed by atoms with Gasteiger partial charge in [0.15, 0.2) is 0 Å². The largest absolute Gasteiger partial charge is 0.342 e. The van der Waals surface area contributed by atoms with Gasteiger partial charge in [0.25, 0.3) is 0 Å². The standard InChI is InChI=1S/C20H32N2O/c23-20(19-16-9-13-8-14(11-16)12-17(19)10-13)22-6-3-15(4-7-22)18-2-1-5-21-18/h13-19,21H,1-12H2. The van der Waals surface area contributed by atoms with E-state index in [2.05, 4.69) is 10.2 Å². The van der Waals surface area contributed by atoms with E-state index < -0.39 is 0 Å². The zero-order chi connectivity index (χ0) is 15.4. The molecule has 4 aliphatic carbocycles. The number of likely N-dealkylation sites (tertiary alicyclic amines) is 1. The predicted octanol–water partition coefficient (Wildman–Crippen LogP) is 3.05. The minimum absolute atomic E-state index is 0.406. The number of nitrogens with one attached hydrogen (secondary N) is 1. The van der Waals surface area contributed by atoms with Gasteiger partial charge in [0, 0.05) is 25.0 Å². The fraction of sp³-hybridized carbons (Fsp3) is 0.950. The lowest BCUT2D eigenvalue weighted by Gasteiger charge is -2.54. The Morgan fingerprint density at radius 1 is 0.826 bits per heavy atom. The van der Waals surface area contributed by atoms with E-state index in [1.807, 2.05) is 0 Å². The lowest BCUT2D eigenvalue weighted by Crippen LogP contribution is -2.53. The Hall–Kier alpha value is -0.570. The Morgan fingerprint density at radius 2 is 1.48 bits per heavy atom. The molecule has 0 spiro atoms. The first-order valence-electron chi connectivity index (χ1n) is 10.3. The minimum Gasteiger partial charge on any atom is -0.342 e. The molecule has 2 heterocycles. The molecule has 3 nitrogen and oxygen atoms in total. The summed E-state index contributed by atoms with van der Waals surface area (Å²) in [7, 11) is 0. The maximum absolute atomic E-state index is 13.2. The molecule has 2 aliphatic heterocycles. The molecule has 4 saturated carbocycles. The van der Waals surface area contributed by atoms with Crippen LogP contribution in [0.25, 0.3) is 0 Å². The number of hydrogen-bond donors (Lipinski definition) is 1. The Balaban J connectivity index is 1.22. The number of carbonyl (C=O) groups excluding carboxylic acids is 1. The van der Waals surface area contributed by atoms with E-state index in [1.165, 1.54) is 64.3 Å². The fourth-order valence-electron chi connectivity index (χ4n) is 7.18. The van der Waals surface area contributed by atoms with E-state index in [-0.39, 0.29) is 0 Å². The number of piperidine rings is 1. The summed E-state index contributed by atoms with van der Waals surface area (Å²) in [5.41, 5.74) is 0. The Bertz CT molecular complexity index is 434. The van der Waals surface area contributed by atoms with Crippen molar-refractivity contribution in [2.45, 2.75) is 63.8 Å². The normalized spacial score (nSPS) is 46.5. The maximum Gasteiger partial charge on any atom is 0.226 e. The maximum atomic E-state index is 13.2. The van der Waals surface area contributed by atoms with Gasteiger partial charge in [-0.15, -0.1) is 0 Å². The van der Waals surface area contributed by atoms with E-state index in [4.69, 9.17) is 0 Å². The highest BCUT2D eigenvalue weighted by atomic mass is 16.2. The molecule has 0 radical (unpaired) electrons. The van der Waals surface area contributed by atoms with Crippen LogP contribution in [0.2, 0.25) is 0 Å². The monoisotopic (exact) mass is 316 g/mol. The van der Waals surface area contributed by atoms with Crippen molar-refractivity contribution >= 4 is 5.91 Å². The molecular formula is C20H32N2O. The number of amides is 1. The van der Waals surface area contributed by atoms with E-state index >= 15 is 0 Å². The Morgan fingerprint density at radius 3 is 2.04 bits per heavy atom. The molecule has 1 amide bonds. The van der Waals surface area contributed by atoms with E-state index in [0.717, 1.165) is 48.7 Å². The predicted molar refractivity (Wildman–Crippen MR) is 90.9 cm³/mol. The van der Waals surface area contributed by atoms with Gasteiger partial charge >= 0.3 is 0 Å². The highest BCUT2D eigenvalue weighted by Crippen LogP contribution is 2.57. The highest BCUT2D eigenvalue weighted by Gasteiger charge is 2.51. The van der Waals surface area contributed by atoms with Crippen LogP contribution in [0.5, 0.6) is 0 Å². The van der Waals surface area contributed by atoms with E-state index in [0.29, 0.717) is 11.8 Å². The number of nitrogens with zero attached hydrogens (tertiary/aromatic N) is 1. The summed E-state index contributed by atoms with van der Waals surface area (Å²) in [5.74, 6) is 5.21. The van der Waals surface area contributed by atoms with Crippen LogP contribution in [0.4, 0.5) is 0 Å². The molecule has 4 bridgehead atoms. The summed E-state index contributed by atoms with van der Waals surface area (Å²) in [6, 6.07) is 0.744. The average molecular weight is 316 g/mol. The van der Waals surface area contributed by atoms with Gasteiger partial charge in [-0.1, -0.05) is 0 Å². The van der Waals surface area contributed by atoms with Crippen molar-refractivity contribution in [2.75, 3.05) is 19.6 Å². The van der Waals surface area contributed by atoms with Crippen LogP contribution in [-0.4, -0.2) is 36.5 Å². The van der Waals surface area contributed by atoms with Crippen molar-refractivity contribution in [3.63, 3.8) is 0 Å². The molecule has 2 saturated heterocycles. The third kappa shape index (κ3) is 2.54. The van der Waals surface area contributed by atoms with Crippen molar-refractivity contribution in [3.8, 4) is 0 Å². The Kier molecular flexibility index (Phi) is 3.69. The lowest BCUT2D eigenvalue weighted by molar-refractivity contribution is -0.150. The second-order valence-corrected chi connectivity index (χ2v) is 9.32. The van der Waals surface area contributed by atoms with Crippen molar-refractivity contribution in [3.05, 3.63) is 0 Å². The van der Waals surface area contributed by atoms with Crippen LogP contribution in [0.15, 0.2) is 0 Å². The van der Waals surface area contributed by atoms with Crippen LogP contribution >= 0.6 is 0 Å². The number of hydrogen-bond acceptors (Lipinski definition) is 2. The molecule has 0 aromatic heterocycles. The SMILES string of the molecule is O=C(C1C2CC3CC(C2)CC1C3)N1CCC(C2CCCN2)CC1. The third-order valence-corrected chi connectivity index (χ3v) is 8.03. The van der Waals surface area contributed by atoms with Crippen LogP contribution in [0.3, 0.4) is 0 Å². The van der Waals surface area contributed by atoms with Gasteiger partial charge in [-0.05, 0) is 93.9 Å². The summed E-state index contributed by atoms with van der Waals surface area (Å²) < 4.78 is 0. The van der Waals surface area contributed by atoms with Crippen LogP contribution in [0, 0.1) is 35.5 Å². The summed E-state index contributed by atoms with van der Waals surface area (Å²) in [6.07, 6.45) is 12.1. The van der Waals surface area contributed by atoms with E-state index in [9.17, 15) is 4.79 Å². The molecule has 6 aliphatic rings. The number of carbonyl (C=O) groups is 1. The second kappa shape index (κ2) is 5.75. The molecule has 0 aromatic rings. The molecule has 128 valence electrons. The first kappa shape index (κ1) is 14.7. The Labute approximate surface area is 140 Å². The molecule has 0 aromatic carbocycles. The zero-order valence-electron chi connectivity index (χ0n) is 14.4. The molecule has 1 atom stereocenters. The van der Waals surface area contributed by atoms with Crippen molar-refractivity contribution < 1.29 is 4.79 Å². The second-order valence-electron chi connectivity index (χ2n) is 9.32. The van der Waals surface area contributed by atoms with Gasteiger partial charge in [0.05, 0.1) is 0 Å². The molecule has 6 rings (SSSR count). The highest BCUT2D eigenvalue weighted by molar-refractivity contribution is 5.80. The van der Waals surface area contributed by atoms with Crippen LogP contribution < -0.4 is 5.32 Å². The fourth-order valence-corrected chi connectivity index (χ4v) is 7.18. The third-order valence-electron chi connectivity index (χ3n) is 8.03. The van der Waals surface area contributed by atoms with E-state index in [1.54, 1.807) is 0 Å². The zero-order valence-corrected chi connectivity index (χ0v) is 14.4. The smallest absolute Gasteiger partial charge is 0.226 e. The quantitative estimate of drug-likeness (QED) is 0.849. The van der Waals surface area contributed by atoms with Crippen LogP contribution in [0.1, 0.15) is 57.8 Å². The average Bonchev–Trinajstić information content (AvgIpc) is 3.08. The van der Waals surface area contributed by atoms with Gasteiger partial charge in [0.2, 0.25) is 5.91 Å². The minimum atomic E-state index is 0.406. The first-order valence-corrected chi connectivity index (χ1v) is 10.3. The number of rotatable bonds is 2. The first-order chi connectivity index (χ1) is 11.3. The summed E-state index contributed by atoms with van der Waals surface area (Å²) >= 11 is 0. The summed E-state index contributed by atoms with van der Waals surface area (Å²) in [4.78, 5) is 15.5. The van der Waals surface area contributed by atoms with Crippen molar-refractivity contribution in [1.29, 1.82) is 0 Å². The summed E-state index contributed by atoms with van der Waals surface area (Å²) in [5, 5.41) is 3.67. The molecule has 1 N–H and O–H groups in total. The van der Waals surface area contributed by atoms with Crippen LogP contribution in [-0.2, 0) is 4.79 Å². The van der Waals surface area contributed by atoms with Gasteiger partial charge in [0.1, 0.15) is 0 Å².